The van der Waals surface area contributed by atoms with Crippen LogP contribution < -0.4 is 20.1 Å². The summed E-state index contributed by atoms with van der Waals surface area (Å²) >= 11 is 0. The van der Waals surface area contributed by atoms with Crippen molar-refractivity contribution in [3.63, 3.8) is 0 Å². The third-order valence-corrected chi connectivity index (χ3v) is 4.98. The van der Waals surface area contributed by atoms with Gasteiger partial charge in [-0.25, -0.2) is 4.98 Å². The minimum absolute atomic E-state index is 0.273. The zero-order valence-electron chi connectivity index (χ0n) is 18.3. The van der Waals surface area contributed by atoms with Gasteiger partial charge in [-0.1, -0.05) is 18.2 Å². The average molecular weight is 451 g/mol. The monoisotopic (exact) mass is 451 g/mol. The molecule has 3 aromatic carbocycles. The first-order valence-electron chi connectivity index (χ1n) is 10.6. The number of aromatic nitrogens is 3. The largest absolute Gasteiger partial charge is 0.457 e. The van der Waals surface area contributed by atoms with Crippen LogP contribution in [0.15, 0.2) is 91.1 Å². The number of pyridine rings is 1. The van der Waals surface area contributed by atoms with Crippen molar-refractivity contribution in [2.24, 2.45) is 0 Å². The minimum Gasteiger partial charge on any atom is -0.457 e. The zero-order chi connectivity index (χ0) is 23.3. The van der Waals surface area contributed by atoms with E-state index < -0.39 is 0 Å². The maximum absolute atomic E-state index is 11.8. The van der Waals surface area contributed by atoms with Crippen molar-refractivity contribution in [1.29, 1.82) is 0 Å². The number of aromatic amines is 1. The van der Waals surface area contributed by atoms with Crippen LogP contribution in [0.3, 0.4) is 0 Å². The van der Waals surface area contributed by atoms with Crippen molar-refractivity contribution in [2.45, 2.75) is 0 Å². The molecule has 0 unspecified atom stereocenters. The molecule has 0 saturated carbocycles. The van der Waals surface area contributed by atoms with E-state index in [0.29, 0.717) is 17.4 Å². The molecule has 2 heterocycles. The van der Waals surface area contributed by atoms with Gasteiger partial charge in [0.2, 0.25) is 5.95 Å². The molecule has 0 aliphatic heterocycles. The van der Waals surface area contributed by atoms with Gasteiger partial charge in [-0.15, -0.1) is 0 Å². The Labute approximate surface area is 195 Å². The predicted octanol–water partition coefficient (Wildman–Crippen LogP) is 5.65. The molecule has 0 aliphatic rings. The fourth-order valence-corrected chi connectivity index (χ4v) is 3.34. The van der Waals surface area contributed by atoms with E-state index in [1.807, 2.05) is 72.8 Å². The SMILES string of the molecule is CNC(=O)c1cc(Oc2ccc3nc(Nc4ccc(Oc5ccccc5)cc4)[nH]c3c2)ccn1. The highest BCUT2D eigenvalue weighted by molar-refractivity contribution is 5.92. The Morgan fingerprint density at radius 3 is 2.32 bits per heavy atom. The van der Waals surface area contributed by atoms with E-state index in [0.717, 1.165) is 28.2 Å². The molecule has 0 saturated heterocycles. The van der Waals surface area contributed by atoms with E-state index in [4.69, 9.17) is 9.47 Å². The quantitative estimate of drug-likeness (QED) is 0.296. The summed E-state index contributed by atoms with van der Waals surface area (Å²) < 4.78 is 11.7. The second-order valence-electron chi connectivity index (χ2n) is 7.39. The van der Waals surface area contributed by atoms with Crippen molar-refractivity contribution >= 4 is 28.6 Å². The zero-order valence-corrected chi connectivity index (χ0v) is 18.3. The number of nitrogens with zero attached hydrogens (tertiary/aromatic N) is 2. The van der Waals surface area contributed by atoms with Crippen LogP contribution in [0.1, 0.15) is 10.5 Å². The number of carbonyl (C=O) groups excluding carboxylic acids is 1. The van der Waals surface area contributed by atoms with Gasteiger partial charge in [-0.2, -0.15) is 0 Å². The third kappa shape index (κ3) is 4.81. The molecule has 8 nitrogen and oxygen atoms in total. The maximum atomic E-state index is 11.8. The molecular weight excluding hydrogens is 430 g/mol. The lowest BCUT2D eigenvalue weighted by Gasteiger charge is -2.07. The number of ether oxygens (including phenoxy) is 2. The van der Waals surface area contributed by atoms with Crippen LogP contribution in [0.25, 0.3) is 11.0 Å². The fraction of sp³-hybridized carbons (Fsp3) is 0.0385. The highest BCUT2D eigenvalue weighted by Gasteiger charge is 2.09. The van der Waals surface area contributed by atoms with Gasteiger partial charge in [0.05, 0.1) is 11.0 Å². The second kappa shape index (κ2) is 9.33. The van der Waals surface area contributed by atoms with Crippen LogP contribution in [0, 0.1) is 0 Å². The second-order valence-corrected chi connectivity index (χ2v) is 7.39. The number of hydrogen-bond acceptors (Lipinski definition) is 6. The fourth-order valence-electron chi connectivity index (χ4n) is 3.34. The number of amides is 1. The summed E-state index contributed by atoms with van der Waals surface area (Å²) in [6.07, 6.45) is 1.53. The Bertz CT molecular complexity index is 1430. The van der Waals surface area contributed by atoms with Crippen molar-refractivity contribution in [1.82, 2.24) is 20.3 Å². The van der Waals surface area contributed by atoms with Gasteiger partial charge in [0.25, 0.3) is 5.91 Å². The molecule has 0 atom stereocenters. The van der Waals surface area contributed by atoms with Crippen molar-refractivity contribution in [3.8, 4) is 23.0 Å². The molecule has 5 rings (SSSR count). The van der Waals surface area contributed by atoms with E-state index in [1.54, 1.807) is 19.2 Å². The standard InChI is InChI=1S/C26H21N5O3/c1-27-25(32)24-16-21(13-14-28-24)34-20-11-12-22-23(15-20)31-26(30-22)29-17-7-9-19(10-8-17)33-18-5-3-2-4-6-18/h2-16H,1H3,(H,27,32)(H2,29,30,31). The highest BCUT2D eigenvalue weighted by atomic mass is 16.5. The first-order chi connectivity index (χ1) is 16.7. The number of nitrogens with one attached hydrogen (secondary N) is 3. The first-order valence-corrected chi connectivity index (χ1v) is 10.6. The molecule has 168 valence electrons. The highest BCUT2D eigenvalue weighted by Crippen LogP contribution is 2.27. The van der Waals surface area contributed by atoms with Gasteiger partial charge in [0.1, 0.15) is 28.7 Å². The molecule has 0 fully saturated rings. The van der Waals surface area contributed by atoms with Gasteiger partial charge >= 0.3 is 0 Å². The van der Waals surface area contributed by atoms with Crippen molar-refractivity contribution in [2.75, 3.05) is 12.4 Å². The van der Waals surface area contributed by atoms with Crippen LogP contribution in [-0.2, 0) is 0 Å². The summed E-state index contributed by atoms with van der Waals surface area (Å²) in [5.74, 6) is 3.00. The molecule has 5 aromatic rings. The first kappa shape index (κ1) is 21.0. The van der Waals surface area contributed by atoms with Gasteiger partial charge in [-0.3, -0.25) is 9.78 Å². The molecule has 8 heteroatoms. The van der Waals surface area contributed by atoms with Crippen LogP contribution in [0.5, 0.6) is 23.0 Å². The van der Waals surface area contributed by atoms with E-state index in [-0.39, 0.29) is 11.6 Å². The molecule has 0 radical (unpaired) electrons. The van der Waals surface area contributed by atoms with E-state index in [2.05, 4.69) is 25.6 Å². The lowest BCUT2D eigenvalue weighted by atomic mass is 10.3. The Morgan fingerprint density at radius 2 is 1.53 bits per heavy atom. The summed E-state index contributed by atoms with van der Waals surface area (Å²) in [5, 5.41) is 5.81. The van der Waals surface area contributed by atoms with Gasteiger partial charge in [-0.05, 0) is 54.6 Å². The number of fused-ring (bicyclic) bond motifs is 1. The number of benzene rings is 3. The summed E-state index contributed by atoms with van der Waals surface area (Å²) in [5.41, 5.74) is 2.76. The summed E-state index contributed by atoms with van der Waals surface area (Å²) in [7, 11) is 1.56. The van der Waals surface area contributed by atoms with E-state index in [9.17, 15) is 4.79 Å². The number of anilines is 2. The van der Waals surface area contributed by atoms with Gasteiger partial charge in [0.15, 0.2) is 0 Å². The van der Waals surface area contributed by atoms with E-state index >= 15 is 0 Å². The molecule has 3 N–H and O–H groups in total. The molecule has 0 spiro atoms. The normalized spacial score (nSPS) is 10.6. The summed E-state index contributed by atoms with van der Waals surface area (Å²) in [4.78, 5) is 23.7. The molecule has 2 aromatic heterocycles. The molecular formula is C26H21N5O3. The van der Waals surface area contributed by atoms with Crippen molar-refractivity contribution in [3.05, 3.63) is 96.8 Å². The Morgan fingerprint density at radius 1 is 0.824 bits per heavy atom. The smallest absolute Gasteiger partial charge is 0.269 e. The lowest BCUT2D eigenvalue weighted by Crippen LogP contribution is -2.18. The number of rotatable bonds is 7. The maximum Gasteiger partial charge on any atom is 0.269 e. The summed E-state index contributed by atoms with van der Waals surface area (Å²) in [6.45, 7) is 0. The van der Waals surface area contributed by atoms with Crippen LogP contribution >= 0.6 is 0 Å². The lowest BCUT2D eigenvalue weighted by molar-refractivity contribution is 0.0958. The molecule has 0 bridgehead atoms. The number of hydrogen-bond donors (Lipinski definition) is 3. The van der Waals surface area contributed by atoms with Crippen LogP contribution in [0.2, 0.25) is 0 Å². The number of imidazole rings is 1. The van der Waals surface area contributed by atoms with Gasteiger partial charge < -0.3 is 25.1 Å². The predicted molar refractivity (Wildman–Crippen MR) is 130 cm³/mol. The van der Waals surface area contributed by atoms with Crippen molar-refractivity contribution < 1.29 is 14.3 Å². The van der Waals surface area contributed by atoms with E-state index in [1.165, 1.54) is 6.20 Å². The number of H-pyrrole nitrogens is 1. The third-order valence-electron chi connectivity index (χ3n) is 4.98. The average Bonchev–Trinajstić information content (AvgIpc) is 3.27. The van der Waals surface area contributed by atoms with Gasteiger partial charge in [0, 0.05) is 31.1 Å². The number of carbonyl (C=O) groups is 1. The number of para-hydroxylation sites is 1. The van der Waals surface area contributed by atoms with Crippen LogP contribution in [0.4, 0.5) is 11.6 Å². The Kier molecular flexibility index (Phi) is 5.77. The Balaban J connectivity index is 1.28. The molecule has 1 amide bonds. The Hall–Kier alpha value is -4.85. The topological polar surface area (TPSA) is 101 Å². The molecule has 34 heavy (non-hydrogen) atoms. The molecule has 0 aliphatic carbocycles. The summed E-state index contributed by atoms with van der Waals surface area (Å²) in [6, 6.07) is 26.1. The minimum atomic E-state index is -0.273. The van der Waals surface area contributed by atoms with Crippen LogP contribution in [-0.4, -0.2) is 27.9 Å².